The maximum Gasteiger partial charge on any atom is 0.337 e. The van der Waals surface area contributed by atoms with E-state index in [1.807, 2.05) is 0 Å². The van der Waals surface area contributed by atoms with Crippen LogP contribution < -0.4 is 0 Å². The van der Waals surface area contributed by atoms with Gasteiger partial charge in [0, 0.05) is 23.3 Å². The molecule has 2 rings (SSSR count). The Hall–Kier alpha value is -2.17. The number of hydrogen-bond acceptors (Lipinski definition) is 3. The highest BCUT2D eigenvalue weighted by Gasteiger charge is 2.16. The second-order valence-corrected chi connectivity index (χ2v) is 3.17. The van der Waals surface area contributed by atoms with E-state index in [4.69, 9.17) is 5.11 Å². The van der Waals surface area contributed by atoms with Gasteiger partial charge >= 0.3 is 5.97 Å². The number of carboxylic acids is 1. The molecule has 76 valence electrons. The highest BCUT2D eigenvalue weighted by molar-refractivity contribution is 6.13. The van der Waals surface area contributed by atoms with Crippen LogP contribution in [0.5, 0.6) is 0 Å². The molecule has 2 heterocycles. The lowest BCUT2D eigenvalue weighted by molar-refractivity contribution is 0.0698. The van der Waals surface area contributed by atoms with E-state index in [0.29, 0.717) is 16.5 Å². The van der Waals surface area contributed by atoms with Crippen molar-refractivity contribution < 1.29 is 14.7 Å². The number of ketones is 1. The monoisotopic (exact) mass is 204 g/mol. The normalized spacial score (nSPS) is 10.5. The summed E-state index contributed by atoms with van der Waals surface area (Å²) >= 11 is 0. The van der Waals surface area contributed by atoms with Crippen LogP contribution in [0.25, 0.3) is 10.9 Å². The standard InChI is InChI=1S/C10H8N2O3/c1-5(13)6-3-12-8-4-11-2-7(9(6)8)10(14)15/h2-4,12H,1H3,(H,14,15). The summed E-state index contributed by atoms with van der Waals surface area (Å²) in [5, 5.41) is 9.36. The predicted octanol–water partition coefficient (Wildman–Crippen LogP) is 1.46. The molecule has 0 spiro atoms. The zero-order valence-electron chi connectivity index (χ0n) is 7.94. The number of nitrogens with one attached hydrogen (secondary N) is 1. The van der Waals surface area contributed by atoms with E-state index in [9.17, 15) is 9.59 Å². The number of carbonyl (C=O) groups excluding carboxylic acids is 1. The van der Waals surface area contributed by atoms with Gasteiger partial charge in [-0.05, 0) is 6.92 Å². The van der Waals surface area contributed by atoms with Crippen molar-refractivity contribution in [3.63, 3.8) is 0 Å². The summed E-state index contributed by atoms with van der Waals surface area (Å²) in [5.41, 5.74) is 0.976. The Balaban J connectivity index is 2.86. The van der Waals surface area contributed by atoms with Gasteiger partial charge in [-0.2, -0.15) is 0 Å². The first-order chi connectivity index (χ1) is 7.11. The fraction of sp³-hybridized carbons (Fsp3) is 0.100. The van der Waals surface area contributed by atoms with Crippen LogP contribution in [0.4, 0.5) is 0 Å². The number of aromatic amines is 1. The van der Waals surface area contributed by atoms with Crippen LogP contribution in [0.1, 0.15) is 27.6 Å². The molecule has 2 aromatic heterocycles. The fourth-order valence-corrected chi connectivity index (χ4v) is 1.52. The van der Waals surface area contributed by atoms with Gasteiger partial charge in [0.15, 0.2) is 5.78 Å². The minimum absolute atomic E-state index is 0.0407. The second-order valence-electron chi connectivity index (χ2n) is 3.17. The number of carboxylic acid groups (broad SMARTS) is 1. The molecular weight excluding hydrogens is 196 g/mol. The summed E-state index contributed by atoms with van der Waals surface area (Å²) in [6.07, 6.45) is 4.24. The molecule has 0 fully saturated rings. The van der Waals surface area contributed by atoms with Crippen LogP contribution in [-0.4, -0.2) is 26.8 Å². The van der Waals surface area contributed by atoms with E-state index < -0.39 is 5.97 Å². The van der Waals surface area contributed by atoms with Gasteiger partial charge in [-0.15, -0.1) is 0 Å². The van der Waals surface area contributed by atoms with Gasteiger partial charge in [-0.25, -0.2) is 4.79 Å². The average Bonchev–Trinajstić information content (AvgIpc) is 2.60. The Bertz CT molecular complexity index is 557. The van der Waals surface area contributed by atoms with Crippen molar-refractivity contribution >= 4 is 22.7 Å². The predicted molar refractivity (Wildman–Crippen MR) is 53.1 cm³/mol. The van der Waals surface area contributed by atoms with Crippen molar-refractivity contribution in [3.8, 4) is 0 Å². The molecule has 5 heteroatoms. The van der Waals surface area contributed by atoms with Gasteiger partial charge in [0.1, 0.15) is 0 Å². The summed E-state index contributed by atoms with van der Waals surface area (Å²) in [6.45, 7) is 1.40. The zero-order valence-corrected chi connectivity index (χ0v) is 7.94. The van der Waals surface area contributed by atoms with E-state index in [1.54, 1.807) is 0 Å². The molecule has 0 unspecified atom stereocenters. The lowest BCUT2D eigenvalue weighted by Crippen LogP contribution is -2.00. The van der Waals surface area contributed by atoms with E-state index >= 15 is 0 Å². The summed E-state index contributed by atoms with van der Waals surface area (Å²) in [6, 6.07) is 0. The summed E-state index contributed by atoms with van der Waals surface area (Å²) in [4.78, 5) is 28.8. The lowest BCUT2D eigenvalue weighted by Gasteiger charge is -1.98. The molecule has 2 aromatic rings. The maximum absolute atomic E-state index is 11.3. The molecule has 0 atom stereocenters. The molecule has 15 heavy (non-hydrogen) atoms. The highest BCUT2D eigenvalue weighted by atomic mass is 16.4. The highest BCUT2D eigenvalue weighted by Crippen LogP contribution is 2.21. The number of fused-ring (bicyclic) bond motifs is 1. The molecule has 5 nitrogen and oxygen atoms in total. The van der Waals surface area contributed by atoms with Crippen molar-refractivity contribution in [1.29, 1.82) is 0 Å². The molecular formula is C10H8N2O3. The second kappa shape index (κ2) is 3.20. The number of Topliss-reactive ketones (excluding diaryl/α,β-unsaturated/α-hetero) is 1. The topological polar surface area (TPSA) is 83.0 Å². The van der Waals surface area contributed by atoms with Gasteiger partial charge < -0.3 is 10.1 Å². The van der Waals surface area contributed by atoms with Crippen LogP contribution in [0.3, 0.4) is 0 Å². The third-order valence-corrected chi connectivity index (χ3v) is 2.20. The van der Waals surface area contributed by atoms with Crippen molar-refractivity contribution in [2.45, 2.75) is 6.92 Å². The number of aromatic nitrogens is 2. The van der Waals surface area contributed by atoms with Gasteiger partial charge in [-0.3, -0.25) is 9.78 Å². The largest absolute Gasteiger partial charge is 0.478 e. The fourth-order valence-electron chi connectivity index (χ4n) is 1.52. The van der Waals surface area contributed by atoms with Crippen LogP contribution in [0.2, 0.25) is 0 Å². The van der Waals surface area contributed by atoms with Gasteiger partial charge in [-0.1, -0.05) is 0 Å². The molecule has 0 saturated heterocycles. The molecule has 0 amide bonds. The molecule has 0 aliphatic heterocycles. The Kier molecular flexibility index (Phi) is 2.00. The van der Waals surface area contributed by atoms with Crippen LogP contribution in [0.15, 0.2) is 18.6 Å². The number of hydrogen-bond donors (Lipinski definition) is 2. The summed E-state index contributed by atoms with van der Waals surface area (Å²) in [7, 11) is 0. The lowest BCUT2D eigenvalue weighted by atomic mass is 10.1. The first-order valence-corrected chi connectivity index (χ1v) is 4.30. The van der Waals surface area contributed by atoms with Crippen LogP contribution in [-0.2, 0) is 0 Å². The minimum atomic E-state index is -1.09. The third kappa shape index (κ3) is 1.38. The van der Waals surface area contributed by atoms with Gasteiger partial charge in [0.2, 0.25) is 0 Å². The number of pyridine rings is 1. The van der Waals surface area contributed by atoms with Crippen molar-refractivity contribution in [3.05, 3.63) is 29.7 Å². The Morgan fingerprint density at radius 3 is 2.67 bits per heavy atom. The van der Waals surface area contributed by atoms with Crippen LogP contribution in [0, 0.1) is 0 Å². The summed E-state index contributed by atoms with van der Waals surface area (Å²) in [5.74, 6) is -1.26. The number of aromatic carboxylic acids is 1. The Morgan fingerprint density at radius 2 is 2.07 bits per heavy atom. The molecule has 0 aliphatic carbocycles. The first kappa shape index (κ1) is 9.39. The first-order valence-electron chi connectivity index (χ1n) is 4.30. The molecule has 0 saturated carbocycles. The number of H-pyrrole nitrogens is 1. The average molecular weight is 204 g/mol. The van der Waals surface area contributed by atoms with Gasteiger partial charge in [0.05, 0.1) is 17.3 Å². The van der Waals surface area contributed by atoms with Crippen molar-refractivity contribution in [2.75, 3.05) is 0 Å². The number of carbonyl (C=O) groups is 2. The molecule has 0 aliphatic rings. The minimum Gasteiger partial charge on any atom is -0.478 e. The number of rotatable bonds is 2. The molecule has 0 aromatic carbocycles. The quantitative estimate of drug-likeness (QED) is 0.725. The zero-order chi connectivity index (χ0) is 11.0. The summed E-state index contributed by atoms with van der Waals surface area (Å²) < 4.78 is 0. The van der Waals surface area contributed by atoms with E-state index in [-0.39, 0.29) is 11.3 Å². The van der Waals surface area contributed by atoms with Crippen LogP contribution >= 0.6 is 0 Å². The Labute approximate surface area is 84.8 Å². The molecule has 0 radical (unpaired) electrons. The smallest absolute Gasteiger partial charge is 0.337 e. The molecule has 2 N–H and O–H groups in total. The van der Waals surface area contributed by atoms with Crippen molar-refractivity contribution in [2.24, 2.45) is 0 Å². The van der Waals surface area contributed by atoms with E-state index in [2.05, 4.69) is 9.97 Å². The van der Waals surface area contributed by atoms with Gasteiger partial charge in [0.25, 0.3) is 0 Å². The van der Waals surface area contributed by atoms with Crippen molar-refractivity contribution in [1.82, 2.24) is 9.97 Å². The Morgan fingerprint density at radius 1 is 1.33 bits per heavy atom. The van der Waals surface area contributed by atoms with E-state index in [0.717, 1.165) is 0 Å². The SMILES string of the molecule is CC(=O)c1c[nH]c2cncc(C(=O)O)c12. The molecule has 0 bridgehead atoms. The third-order valence-electron chi connectivity index (χ3n) is 2.20. The number of nitrogens with zero attached hydrogens (tertiary/aromatic N) is 1. The maximum atomic E-state index is 11.3. The van der Waals surface area contributed by atoms with E-state index in [1.165, 1.54) is 25.5 Å².